The molecule has 5 rings (SSSR count). The van der Waals surface area contributed by atoms with E-state index in [4.69, 9.17) is 4.74 Å². The first-order valence-electron chi connectivity index (χ1n) is 11.3. The Bertz CT molecular complexity index is 1400. The molecule has 1 aliphatic heterocycles. The Balaban J connectivity index is 1.52. The minimum absolute atomic E-state index is 0.0685. The molecule has 0 saturated carbocycles. The molecule has 8 nitrogen and oxygen atoms in total. The Morgan fingerprint density at radius 1 is 1.19 bits per heavy atom. The van der Waals surface area contributed by atoms with Crippen molar-refractivity contribution in [3.63, 3.8) is 0 Å². The summed E-state index contributed by atoms with van der Waals surface area (Å²) in [5.41, 5.74) is 1.82. The van der Waals surface area contributed by atoms with E-state index >= 15 is 4.39 Å². The molecule has 1 fully saturated rings. The fourth-order valence-electron chi connectivity index (χ4n) is 4.47. The predicted molar refractivity (Wildman–Crippen MR) is 124 cm³/mol. The Morgan fingerprint density at radius 2 is 1.92 bits per heavy atom. The zero-order valence-corrected chi connectivity index (χ0v) is 19.3. The highest BCUT2D eigenvalue weighted by molar-refractivity contribution is 5.64. The van der Waals surface area contributed by atoms with Gasteiger partial charge in [-0.25, -0.2) is 19.3 Å². The highest BCUT2D eigenvalue weighted by atomic mass is 19.3. The largest absolute Gasteiger partial charge is 0.435 e. The van der Waals surface area contributed by atoms with Crippen LogP contribution in [0.1, 0.15) is 35.6 Å². The van der Waals surface area contributed by atoms with E-state index in [2.05, 4.69) is 24.9 Å². The molecule has 0 radical (unpaired) electrons. The standard InChI is InChI=1S/C25H22F3N5O3/c1-15-20(10-16-4-2-3-5-21(16)36-24(27)28)33-14-18(19(26)11-22(33)31-15)17-12-29-23(30-13-17)25(32-34)6-8-35-9-7-25/h2-5,11-14,24H,6-10H2,1H3. The van der Waals surface area contributed by atoms with Crippen LogP contribution in [0.2, 0.25) is 0 Å². The van der Waals surface area contributed by atoms with Crippen LogP contribution >= 0.6 is 0 Å². The molecule has 186 valence electrons. The number of nitrogens with zero attached hydrogens (tertiary/aromatic N) is 5. The van der Waals surface area contributed by atoms with Gasteiger partial charge in [-0.2, -0.15) is 8.78 Å². The van der Waals surface area contributed by atoms with E-state index in [0.717, 1.165) is 0 Å². The number of nitroso groups, excluding NO2 is 1. The number of rotatable bonds is 7. The summed E-state index contributed by atoms with van der Waals surface area (Å²) in [6, 6.07) is 7.82. The SMILES string of the molecule is Cc1nc2cc(F)c(-c3cnc(C4(N=O)CCOCC4)nc3)cn2c1Cc1ccccc1OC(F)F. The molecule has 1 aromatic carbocycles. The second-order valence-corrected chi connectivity index (χ2v) is 8.60. The average Bonchev–Trinajstić information content (AvgIpc) is 3.18. The summed E-state index contributed by atoms with van der Waals surface area (Å²) < 4.78 is 52.5. The molecule has 0 spiro atoms. The van der Waals surface area contributed by atoms with Crippen LogP contribution in [0.5, 0.6) is 5.75 Å². The Hall–Kier alpha value is -3.86. The third-order valence-electron chi connectivity index (χ3n) is 6.43. The number of fused-ring (bicyclic) bond motifs is 1. The fourth-order valence-corrected chi connectivity index (χ4v) is 4.47. The minimum atomic E-state index is -2.95. The number of benzene rings is 1. The van der Waals surface area contributed by atoms with Gasteiger partial charge in [-0.15, -0.1) is 4.91 Å². The lowest BCUT2D eigenvalue weighted by Gasteiger charge is -2.28. The first kappa shape index (κ1) is 23.9. The number of hydrogen-bond acceptors (Lipinski definition) is 7. The van der Waals surface area contributed by atoms with Crippen molar-refractivity contribution in [2.45, 2.75) is 38.3 Å². The van der Waals surface area contributed by atoms with Crippen molar-refractivity contribution < 1.29 is 22.6 Å². The van der Waals surface area contributed by atoms with Crippen LogP contribution in [0.3, 0.4) is 0 Å². The summed E-state index contributed by atoms with van der Waals surface area (Å²) in [5.74, 6) is -0.175. The maximum Gasteiger partial charge on any atom is 0.387 e. The molecule has 1 aliphatic rings. The first-order chi connectivity index (χ1) is 17.4. The molecule has 0 aliphatic carbocycles. The van der Waals surface area contributed by atoms with Crippen molar-refractivity contribution in [1.29, 1.82) is 0 Å². The third kappa shape index (κ3) is 4.41. The summed E-state index contributed by atoms with van der Waals surface area (Å²) in [5, 5.41) is 3.29. The number of ether oxygens (including phenoxy) is 2. The molecular weight excluding hydrogens is 475 g/mol. The van der Waals surface area contributed by atoms with Crippen molar-refractivity contribution in [2.75, 3.05) is 13.2 Å². The van der Waals surface area contributed by atoms with Gasteiger partial charge < -0.3 is 13.9 Å². The highest BCUT2D eigenvalue weighted by Crippen LogP contribution is 2.35. The number of pyridine rings is 1. The highest BCUT2D eigenvalue weighted by Gasteiger charge is 2.39. The molecular formula is C25H22F3N5O3. The summed E-state index contributed by atoms with van der Waals surface area (Å²) in [4.78, 5) is 24.7. The Morgan fingerprint density at radius 3 is 2.61 bits per heavy atom. The van der Waals surface area contributed by atoms with Gasteiger partial charge in [0.2, 0.25) is 0 Å². The molecule has 0 bridgehead atoms. The lowest BCUT2D eigenvalue weighted by Crippen LogP contribution is -2.33. The van der Waals surface area contributed by atoms with Gasteiger partial charge in [-0.05, 0) is 13.0 Å². The number of aryl methyl sites for hydroxylation is 1. The molecule has 36 heavy (non-hydrogen) atoms. The van der Waals surface area contributed by atoms with Crippen molar-refractivity contribution in [3.05, 3.63) is 82.4 Å². The number of hydrogen-bond donors (Lipinski definition) is 0. The number of halogens is 3. The summed E-state index contributed by atoms with van der Waals surface area (Å²) in [7, 11) is 0. The molecule has 1 saturated heterocycles. The number of imidazole rings is 1. The predicted octanol–water partition coefficient (Wildman–Crippen LogP) is 5.20. The van der Waals surface area contributed by atoms with Gasteiger partial charge in [0.15, 0.2) is 11.4 Å². The van der Waals surface area contributed by atoms with Gasteiger partial charge in [0.1, 0.15) is 17.2 Å². The maximum absolute atomic E-state index is 15.1. The second-order valence-electron chi connectivity index (χ2n) is 8.60. The molecule has 0 atom stereocenters. The van der Waals surface area contributed by atoms with E-state index in [0.29, 0.717) is 54.2 Å². The fraction of sp³-hybridized carbons (Fsp3) is 0.320. The first-order valence-corrected chi connectivity index (χ1v) is 11.3. The molecule has 4 aromatic rings. The van der Waals surface area contributed by atoms with E-state index in [1.54, 1.807) is 35.7 Å². The van der Waals surface area contributed by atoms with Crippen LogP contribution < -0.4 is 4.74 Å². The smallest absolute Gasteiger partial charge is 0.387 e. The zero-order valence-electron chi connectivity index (χ0n) is 19.3. The normalized spacial score (nSPS) is 15.4. The lowest BCUT2D eigenvalue weighted by atomic mass is 9.90. The molecule has 11 heteroatoms. The molecule has 0 N–H and O–H groups in total. The van der Waals surface area contributed by atoms with Gasteiger partial charge in [-0.1, -0.05) is 23.4 Å². The summed E-state index contributed by atoms with van der Waals surface area (Å²) in [6.45, 7) is -0.409. The van der Waals surface area contributed by atoms with Gasteiger partial charge in [-0.3, -0.25) is 0 Å². The summed E-state index contributed by atoms with van der Waals surface area (Å²) in [6.07, 6.45) is 5.51. The van der Waals surface area contributed by atoms with Crippen LogP contribution in [0.4, 0.5) is 13.2 Å². The Labute approximate surface area is 204 Å². The van der Waals surface area contributed by atoms with Gasteiger partial charge in [0.25, 0.3) is 0 Å². The van der Waals surface area contributed by atoms with Crippen LogP contribution in [-0.4, -0.2) is 39.2 Å². The van der Waals surface area contributed by atoms with E-state index in [1.807, 2.05) is 0 Å². The zero-order chi connectivity index (χ0) is 25.3. The molecule has 0 unspecified atom stereocenters. The van der Waals surface area contributed by atoms with Crippen molar-refractivity contribution in [2.24, 2.45) is 5.18 Å². The number of para-hydroxylation sites is 1. The lowest BCUT2D eigenvalue weighted by molar-refractivity contribution is -0.0504. The van der Waals surface area contributed by atoms with Crippen LogP contribution in [0.25, 0.3) is 16.8 Å². The van der Waals surface area contributed by atoms with Gasteiger partial charge in [0, 0.05) is 79.5 Å². The molecule has 4 heterocycles. The monoisotopic (exact) mass is 497 g/mol. The summed E-state index contributed by atoms with van der Waals surface area (Å²) >= 11 is 0. The maximum atomic E-state index is 15.1. The molecule has 3 aromatic heterocycles. The topological polar surface area (TPSA) is 91.0 Å². The van der Waals surface area contributed by atoms with E-state index in [1.165, 1.54) is 24.5 Å². The van der Waals surface area contributed by atoms with Crippen LogP contribution in [0, 0.1) is 17.6 Å². The van der Waals surface area contributed by atoms with Crippen LogP contribution in [0.15, 0.2) is 54.1 Å². The quantitative estimate of drug-likeness (QED) is 0.326. The van der Waals surface area contributed by atoms with E-state index in [-0.39, 0.29) is 23.6 Å². The third-order valence-corrected chi connectivity index (χ3v) is 6.43. The van der Waals surface area contributed by atoms with Crippen molar-refractivity contribution >= 4 is 5.65 Å². The molecule has 0 amide bonds. The second kappa shape index (κ2) is 9.65. The van der Waals surface area contributed by atoms with Crippen molar-refractivity contribution in [3.8, 4) is 16.9 Å². The van der Waals surface area contributed by atoms with E-state index in [9.17, 15) is 13.7 Å². The van der Waals surface area contributed by atoms with Crippen molar-refractivity contribution in [1.82, 2.24) is 19.4 Å². The van der Waals surface area contributed by atoms with Crippen LogP contribution in [-0.2, 0) is 16.7 Å². The number of aromatic nitrogens is 4. The number of alkyl halides is 2. The van der Waals surface area contributed by atoms with Gasteiger partial charge >= 0.3 is 6.61 Å². The van der Waals surface area contributed by atoms with Gasteiger partial charge in [0.05, 0.1) is 5.69 Å². The Kier molecular flexibility index (Phi) is 6.40. The minimum Gasteiger partial charge on any atom is -0.435 e. The van der Waals surface area contributed by atoms with E-state index < -0.39 is 18.0 Å². The average molecular weight is 497 g/mol.